The highest BCUT2D eigenvalue weighted by atomic mass is 16.5. The summed E-state index contributed by atoms with van der Waals surface area (Å²) >= 11 is 0. The third kappa shape index (κ3) is 4.18. The van der Waals surface area contributed by atoms with E-state index < -0.39 is 0 Å². The van der Waals surface area contributed by atoms with E-state index in [1.807, 2.05) is 14.0 Å². The summed E-state index contributed by atoms with van der Waals surface area (Å²) in [4.78, 5) is 20.6. The van der Waals surface area contributed by atoms with Crippen LogP contribution in [0.5, 0.6) is 0 Å². The maximum atomic E-state index is 12.1. The maximum Gasteiger partial charge on any atom is 0.240 e. The van der Waals surface area contributed by atoms with Gasteiger partial charge in [-0.15, -0.1) is 0 Å². The monoisotopic (exact) mass is 334 g/mol. The van der Waals surface area contributed by atoms with Gasteiger partial charge in [0.2, 0.25) is 17.7 Å². The Hall–Kier alpha value is -2.26. The molecule has 0 spiro atoms. The maximum absolute atomic E-state index is 12.1. The molecule has 1 aliphatic heterocycles. The predicted molar refractivity (Wildman–Crippen MR) is 85.2 cm³/mol. The van der Waals surface area contributed by atoms with Gasteiger partial charge >= 0.3 is 0 Å². The first-order valence-corrected chi connectivity index (χ1v) is 7.94. The van der Waals surface area contributed by atoms with Crippen LogP contribution in [0, 0.1) is 13.8 Å². The minimum absolute atomic E-state index is 0.0942. The Morgan fingerprint density at radius 2 is 2.25 bits per heavy atom. The van der Waals surface area contributed by atoms with E-state index in [2.05, 4.69) is 30.4 Å². The molecule has 1 fully saturated rings. The molecule has 1 amide bonds. The van der Waals surface area contributed by atoms with Crippen LogP contribution in [0.4, 0.5) is 5.88 Å². The third-order valence-corrected chi connectivity index (χ3v) is 4.09. The summed E-state index contributed by atoms with van der Waals surface area (Å²) < 4.78 is 9.99. The van der Waals surface area contributed by atoms with E-state index in [1.54, 1.807) is 13.0 Å². The van der Waals surface area contributed by atoms with Crippen LogP contribution in [-0.2, 0) is 11.3 Å². The van der Waals surface area contributed by atoms with Crippen molar-refractivity contribution < 1.29 is 13.8 Å². The Kier molecular flexibility index (Phi) is 4.91. The number of carbonyl (C=O) groups is 1. The Bertz CT molecular complexity index is 697. The number of anilines is 1. The minimum Gasteiger partial charge on any atom is -0.340 e. The first kappa shape index (κ1) is 16.6. The summed E-state index contributed by atoms with van der Waals surface area (Å²) in [6, 6.07) is 2.06. The van der Waals surface area contributed by atoms with Crippen molar-refractivity contribution in [3.8, 4) is 0 Å². The van der Waals surface area contributed by atoms with Gasteiger partial charge < -0.3 is 9.05 Å². The van der Waals surface area contributed by atoms with Crippen molar-refractivity contribution in [3.05, 3.63) is 23.5 Å². The number of amides is 1. The van der Waals surface area contributed by atoms with Crippen molar-refractivity contribution >= 4 is 11.8 Å². The largest absolute Gasteiger partial charge is 0.340 e. The zero-order chi connectivity index (χ0) is 17.1. The molecular weight excluding hydrogens is 312 g/mol. The van der Waals surface area contributed by atoms with E-state index in [0.29, 0.717) is 36.7 Å². The molecule has 2 aromatic rings. The molecule has 1 unspecified atom stereocenters. The van der Waals surface area contributed by atoms with Gasteiger partial charge in [0.25, 0.3) is 0 Å². The topological polar surface area (TPSA) is 101 Å². The van der Waals surface area contributed by atoms with Crippen LogP contribution < -0.4 is 5.32 Å². The molecule has 0 aromatic carbocycles. The van der Waals surface area contributed by atoms with Gasteiger partial charge in [-0.1, -0.05) is 10.3 Å². The Morgan fingerprint density at radius 1 is 1.42 bits per heavy atom. The Labute approximate surface area is 140 Å². The van der Waals surface area contributed by atoms with Crippen molar-refractivity contribution in [3.63, 3.8) is 0 Å². The highest BCUT2D eigenvalue weighted by Crippen LogP contribution is 2.16. The lowest BCUT2D eigenvalue weighted by Crippen LogP contribution is -2.37. The molecule has 1 aliphatic rings. The van der Waals surface area contributed by atoms with Gasteiger partial charge in [-0.3, -0.25) is 19.9 Å². The number of likely N-dealkylation sites (tertiary alicyclic amines) is 1. The average molecular weight is 334 g/mol. The van der Waals surface area contributed by atoms with Crippen molar-refractivity contribution in [2.24, 2.45) is 0 Å². The number of aromatic nitrogens is 3. The second-order valence-corrected chi connectivity index (χ2v) is 6.20. The van der Waals surface area contributed by atoms with Crippen molar-refractivity contribution in [1.29, 1.82) is 0 Å². The van der Waals surface area contributed by atoms with E-state index in [1.165, 1.54) is 0 Å². The molecule has 130 valence electrons. The summed E-state index contributed by atoms with van der Waals surface area (Å²) in [5.41, 5.74) is 0.741. The van der Waals surface area contributed by atoms with Crippen molar-refractivity contribution in [1.82, 2.24) is 25.1 Å². The van der Waals surface area contributed by atoms with Gasteiger partial charge in [0.05, 0.1) is 18.8 Å². The fraction of sp³-hybridized carbons (Fsp3) is 0.600. The second kappa shape index (κ2) is 7.10. The van der Waals surface area contributed by atoms with Gasteiger partial charge in [-0.2, -0.15) is 4.98 Å². The van der Waals surface area contributed by atoms with Crippen LogP contribution in [0.3, 0.4) is 0 Å². The Balaban J connectivity index is 1.45. The van der Waals surface area contributed by atoms with Crippen LogP contribution in [0.25, 0.3) is 0 Å². The molecule has 0 bridgehead atoms. The average Bonchev–Trinajstić information content (AvgIpc) is 3.22. The highest BCUT2D eigenvalue weighted by molar-refractivity contribution is 5.90. The number of hydrogen-bond donors (Lipinski definition) is 1. The molecule has 0 aliphatic carbocycles. The first-order chi connectivity index (χ1) is 11.5. The first-order valence-electron chi connectivity index (χ1n) is 7.94. The van der Waals surface area contributed by atoms with Gasteiger partial charge in [0, 0.05) is 32.1 Å². The number of carbonyl (C=O) groups excluding carboxylic acids is 1. The van der Waals surface area contributed by atoms with E-state index in [0.717, 1.165) is 25.2 Å². The number of likely N-dealkylation sites (N-methyl/N-ethyl adjacent to an activating group) is 1. The Morgan fingerprint density at radius 3 is 2.92 bits per heavy atom. The second-order valence-electron chi connectivity index (χ2n) is 6.20. The molecule has 1 atom stereocenters. The zero-order valence-corrected chi connectivity index (χ0v) is 14.2. The molecular formula is C15H22N6O3. The molecule has 9 nitrogen and oxygen atoms in total. The lowest BCUT2D eigenvalue weighted by Gasteiger charge is -2.23. The van der Waals surface area contributed by atoms with Gasteiger partial charge in [0.1, 0.15) is 0 Å². The number of nitrogens with zero attached hydrogens (tertiary/aromatic N) is 5. The molecule has 3 rings (SSSR count). The van der Waals surface area contributed by atoms with Crippen LogP contribution in [0.2, 0.25) is 0 Å². The fourth-order valence-electron chi connectivity index (χ4n) is 2.88. The number of nitrogens with one attached hydrogen (secondary N) is 1. The van der Waals surface area contributed by atoms with Gasteiger partial charge in [0.15, 0.2) is 5.82 Å². The molecule has 0 radical (unpaired) electrons. The fourth-order valence-corrected chi connectivity index (χ4v) is 2.88. The predicted octanol–water partition coefficient (Wildman–Crippen LogP) is 0.819. The molecule has 9 heteroatoms. The lowest BCUT2D eigenvalue weighted by atomic mass is 10.2. The number of rotatable bonds is 6. The van der Waals surface area contributed by atoms with Gasteiger partial charge in [-0.25, -0.2) is 0 Å². The van der Waals surface area contributed by atoms with Crippen molar-refractivity contribution in [2.45, 2.75) is 32.9 Å². The molecule has 1 saturated heterocycles. The van der Waals surface area contributed by atoms with Crippen LogP contribution in [0.1, 0.15) is 23.8 Å². The molecule has 24 heavy (non-hydrogen) atoms. The van der Waals surface area contributed by atoms with Crippen LogP contribution in [-0.4, -0.2) is 63.7 Å². The minimum atomic E-state index is -0.0942. The summed E-state index contributed by atoms with van der Waals surface area (Å²) in [6.07, 6.45) is 1.00. The normalized spacial score (nSPS) is 18.4. The molecule has 0 saturated carbocycles. The van der Waals surface area contributed by atoms with Crippen molar-refractivity contribution in [2.75, 3.05) is 32.0 Å². The number of aryl methyl sites for hydroxylation is 2. The lowest BCUT2D eigenvalue weighted by molar-refractivity contribution is -0.117. The summed E-state index contributed by atoms with van der Waals surface area (Å²) in [6.45, 7) is 6.28. The SMILES string of the molecule is Cc1cc(NC(=O)CN2CCC(N(C)Cc3noc(C)n3)C2)on1. The third-order valence-electron chi connectivity index (χ3n) is 4.09. The highest BCUT2D eigenvalue weighted by Gasteiger charge is 2.27. The summed E-state index contributed by atoms with van der Waals surface area (Å²) in [7, 11) is 2.04. The summed E-state index contributed by atoms with van der Waals surface area (Å²) in [5.74, 6) is 1.55. The van der Waals surface area contributed by atoms with Crippen LogP contribution in [0.15, 0.2) is 15.1 Å². The summed E-state index contributed by atoms with van der Waals surface area (Å²) in [5, 5.41) is 10.4. The molecule has 1 N–H and O–H groups in total. The molecule has 3 heterocycles. The van der Waals surface area contributed by atoms with Crippen LogP contribution >= 0.6 is 0 Å². The zero-order valence-electron chi connectivity index (χ0n) is 14.2. The van der Waals surface area contributed by atoms with E-state index in [4.69, 9.17) is 9.05 Å². The smallest absolute Gasteiger partial charge is 0.240 e. The van der Waals surface area contributed by atoms with E-state index >= 15 is 0 Å². The van der Waals surface area contributed by atoms with Gasteiger partial charge in [-0.05, 0) is 20.4 Å². The quantitative estimate of drug-likeness (QED) is 0.828. The van der Waals surface area contributed by atoms with E-state index in [-0.39, 0.29) is 5.91 Å². The molecule has 2 aromatic heterocycles. The van der Waals surface area contributed by atoms with E-state index in [9.17, 15) is 4.79 Å². The number of hydrogen-bond acceptors (Lipinski definition) is 8. The standard InChI is InChI=1S/C15H22N6O3/c1-10-6-15(24-18-10)17-14(22)9-21-5-4-12(7-21)20(3)8-13-16-11(2)23-19-13/h6,12H,4-5,7-9H2,1-3H3,(H,17,22).